The third kappa shape index (κ3) is 3.13. The van der Waals surface area contributed by atoms with E-state index in [0.717, 1.165) is 16.7 Å². The minimum absolute atomic E-state index is 0.0150. The lowest BCUT2D eigenvalue weighted by Gasteiger charge is -2.20. The van der Waals surface area contributed by atoms with E-state index in [0.29, 0.717) is 25.7 Å². The smallest absolute Gasteiger partial charge is 0.230 e. The molecular formula is C17H17NO4. The first-order valence-electron chi connectivity index (χ1n) is 7.49. The number of amides is 2. The van der Waals surface area contributed by atoms with Crippen molar-refractivity contribution in [1.29, 1.82) is 0 Å². The van der Waals surface area contributed by atoms with Crippen LogP contribution in [0.25, 0.3) is 0 Å². The van der Waals surface area contributed by atoms with Crippen LogP contribution in [0.3, 0.4) is 0 Å². The van der Waals surface area contributed by atoms with Crippen LogP contribution in [-0.4, -0.2) is 23.4 Å². The summed E-state index contributed by atoms with van der Waals surface area (Å²) in [7, 11) is 0. The first kappa shape index (κ1) is 14.6. The van der Waals surface area contributed by atoms with Crippen molar-refractivity contribution in [3.05, 3.63) is 34.9 Å². The van der Waals surface area contributed by atoms with Crippen molar-refractivity contribution in [3.8, 4) is 0 Å². The highest BCUT2D eigenvalue weighted by atomic mass is 16.2. The van der Waals surface area contributed by atoms with E-state index in [4.69, 9.17) is 0 Å². The van der Waals surface area contributed by atoms with E-state index in [9.17, 15) is 19.2 Å². The molecule has 1 heterocycles. The minimum atomic E-state index is -0.402. The molecule has 114 valence electrons. The van der Waals surface area contributed by atoms with Crippen LogP contribution in [0, 0.1) is 5.92 Å². The average molecular weight is 299 g/mol. The molecule has 1 aliphatic heterocycles. The van der Waals surface area contributed by atoms with E-state index in [-0.39, 0.29) is 36.2 Å². The number of imide groups is 1. The quantitative estimate of drug-likeness (QED) is 0.838. The summed E-state index contributed by atoms with van der Waals surface area (Å²) in [6, 6.07) is 5.71. The van der Waals surface area contributed by atoms with Crippen LogP contribution in [0.4, 0.5) is 0 Å². The van der Waals surface area contributed by atoms with Gasteiger partial charge in [0.05, 0.1) is 0 Å². The normalized spacial score (nSPS) is 20.7. The molecule has 2 aliphatic rings. The lowest BCUT2D eigenvalue weighted by atomic mass is 9.91. The van der Waals surface area contributed by atoms with E-state index in [1.807, 2.05) is 18.2 Å². The van der Waals surface area contributed by atoms with Crippen molar-refractivity contribution in [2.24, 2.45) is 5.92 Å². The zero-order valence-electron chi connectivity index (χ0n) is 12.2. The van der Waals surface area contributed by atoms with Gasteiger partial charge in [0.1, 0.15) is 11.6 Å². The molecule has 1 aromatic rings. The first-order chi connectivity index (χ1) is 10.5. The molecule has 0 radical (unpaired) electrons. The van der Waals surface area contributed by atoms with Gasteiger partial charge in [-0.05, 0) is 23.1 Å². The van der Waals surface area contributed by atoms with Crippen LogP contribution in [0.15, 0.2) is 18.2 Å². The highest BCUT2D eigenvalue weighted by Gasteiger charge is 2.28. The molecule has 1 fully saturated rings. The number of ketones is 2. The van der Waals surface area contributed by atoms with Gasteiger partial charge >= 0.3 is 0 Å². The zero-order valence-corrected chi connectivity index (χ0v) is 12.2. The number of rotatable bonds is 4. The number of Topliss-reactive ketones (excluding diaryl/α,β-unsaturated/α-hetero) is 2. The molecule has 5 nitrogen and oxygen atoms in total. The summed E-state index contributed by atoms with van der Waals surface area (Å²) in [5.41, 5.74) is 2.94. The molecule has 1 aliphatic carbocycles. The summed E-state index contributed by atoms with van der Waals surface area (Å²) in [6.45, 7) is 0. The van der Waals surface area contributed by atoms with E-state index in [1.165, 1.54) is 0 Å². The fourth-order valence-electron chi connectivity index (χ4n) is 3.12. The van der Waals surface area contributed by atoms with E-state index in [2.05, 4.69) is 5.32 Å². The number of piperidine rings is 1. The molecule has 2 amide bonds. The van der Waals surface area contributed by atoms with Crippen LogP contribution in [0.5, 0.6) is 0 Å². The topological polar surface area (TPSA) is 80.3 Å². The van der Waals surface area contributed by atoms with Gasteiger partial charge in [0, 0.05) is 38.0 Å². The second-order valence-electron chi connectivity index (χ2n) is 6.06. The largest absolute Gasteiger partial charge is 0.299 e. The van der Waals surface area contributed by atoms with Crippen LogP contribution in [0.2, 0.25) is 0 Å². The lowest BCUT2D eigenvalue weighted by Crippen LogP contribution is -2.41. The lowest BCUT2D eigenvalue weighted by molar-refractivity contribution is -0.138. The minimum Gasteiger partial charge on any atom is -0.299 e. The molecule has 0 saturated carbocycles. The van der Waals surface area contributed by atoms with Crippen LogP contribution < -0.4 is 5.32 Å². The van der Waals surface area contributed by atoms with Crippen molar-refractivity contribution >= 4 is 23.4 Å². The fraction of sp³-hybridized carbons (Fsp3) is 0.412. The first-order valence-corrected chi connectivity index (χ1v) is 7.49. The van der Waals surface area contributed by atoms with Gasteiger partial charge in [0.15, 0.2) is 0 Å². The number of benzene rings is 1. The van der Waals surface area contributed by atoms with Crippen molar-refractivity contribution in [1.82, 2.24) is 5.32 Å². The molecule has 0 bridgehead atoms. The van der Waals surface area contributed by atoms with Gasteiger partial charge in [-0.2, -0.15) is 0 Å². The predicted molar refractivity (Wildman–Crippen MR) is 78.1 cm³/mol. The van der Waals surface area contributed by atoms with Crippen molar-refractivity contribution in [3.63, 3.8) is 0 Å². The highest BCUT2D eigenvalue weighted by molar-refractivity contribution is 6.00. The molecule has 22 heavy (non-hydrogen) atoms. The summed E-state index contributed by atoms with van der Waals surface area (Å²) >= 11 is 0. The van der Waals surface area contributed by atoms with Gasteiger partial charge in [-0.15, -0.1) is 0 Å². The summed E-state index contributed by atoms with van der Waals surface area (Å²) in [6.07, 6.45) is 2.10. The molecular weight excluding hydrogens is 282 g/mol. The van der Waals surface area contributed by atoms with E-state index >= 15 is 0 Å². The van der Waals surface area contributed by atoms with Gasteiger partial charge < -0.3 is 0 Å². The average Bonchev–Trinajstić information content (AvgIpc) is 2.81. The Balaban J connectivity index is 1.60. The van der Waals surface area contributed by atoms with Gasteiger partial charge in [-0.25, -0.2) is 0 Å². The van der Waals surface area contributed by atoms with Gasteiger partial charge in [0.2, 0.25) is 11.8 Å². The summed E-state index contributed by atoms with van der Waals surface area (Å²) < 4.78 is 0. The molecule has 0 unspecified atom stereocenters. The molecule has 1 N–H and O–H groups in total. The molecule has 5 heteroatoms. The van der Waals surface area contributed by atoms with Crippen molar-refractivity contribution in [2.45, 2.75) is 38.5 Å². The SMILES string of the molecule is O=C1Cc2ccc(CC(=O)C[C@H]3CCC(=O)NC3=O)cc2C1. The molecule has 0 aromatic heterocycles. The maximum Gasteiger partial charge on any atom is 0.230 e. The van der Waals surface area contributed by atoms with Gasteiger partial charge in [-0.1, -0.05) is 18.2 Å². The molecule has 1 aromatic carbocycles. The molecule has 1 atom stereocenters. The van der Waals surface area contributed by atoms with Crippen LogP contribution in [0.1, 0.15) is 36.0 Å². The Labute approximate surface area is 128 Å². The summed E-state index contributed by atoms with van der Waals surface area (Å²) in [4.78, 5) is 46.3. The number of fused-ring (bicyclic) bond motifs is 1. The Morgan fingerprint density at radius 1 is 1.14 bits per heavy atom. The Bertz CT molecular complexity index is 677. The monoisotopic (exact) mass is 299 g/mol. The number of hydrogen-bond donors (Lipinski definition) is 1. The molecule has 0 spiro atoms. The molecule has 1 saturated heterocycles. The number of hydrogen-bond acceptors (Lipinski definition) is 4. The second kappa shape index (κ2) is 5.83. The van der Waals surface area contributed by atoms with Crippen LogP contribution in [-0.2, 0) is 38.4 Å². The Morgan fingerprint density at radius 3 is 2.68 bits per heavy atom. The second-order valence-corrected chi connectivity index (χ2v) is 6.06. The van der Waals surface area contributed by atoms with E-state index < -0.39 is 5.92 Å². The van der Waals surface area contributed by atoms with E-state index in [1.54, 1.807) is 0 Å². The van der Waals surface area contributed by atoms with Gasteiger partial charge in [0.25, 0.3) is 0 Å². The Morgan fingerprint density at radius 2 is 1.91 bits per heavy atom. The predicted octanol–water partition coefficient (Wildman–Crippen LogP) is 0.909. The fourth-order valence-corrected chi connectivity index (χ4v) is 3.12. The van der Waals surface area contributed by atoms with Crippen molar-refractivity contribution < 1.29 is 19.2 Å². The van der Waals surface area contributed by atoms with Crippen LogP contribution >= 0.6 is 0 Å². The number of nitrogens with one attached hydrogen (secondary N) is 1. The third-order valence-corrected chi connectivity index (χ3v) is 4.27. The third-order valence-electron chi connectivity index (χ3n) is 4.27. The standard InChI is InChI=1S/C17H17NO4/c19-14(8-12-3-4-16(21)18-17(12)22)6-10-1-2-11-7-15(20)9-13(11)5-10/h1-2,5,12H,3-4,6-9H2,(H,18,21,22)/t12-/m1/s1. The Hall–Kier alpha value is -2.30. The molecule has 3 rings (SSSR count). The zero-order chi connectivity index (χ0) is 15.7. The Kier molecular flexibility index (Phi) is 3.88. The van der Waals surface area contributed by atoms with Gasteiger partial charge in [-0.3, -0.25) is 24.5 Å². The maximum atomic E-state index is 12.1. The number of carbonyl (C=O) groups is 4. The number of carbonyl (C=O) groups excluding carboxylic acids is 4. The summed E-state index contributed by atoms with van der Waals surface area (Å²) in [5.74, 6) is -0.817. The van der Waals surface area contributed by atoms with Crippen molar-refractivity contribution in [2.75, 3.05) is 0 Å². The summed E-state index contributed by atoms with van der Waals surface area (Å²) in [5, 5.41) is 2.27. The maximum absolute atomic E-state index is 12.1. The highest BCUT2D eigenvalue weighted by Crippen LogP contribution is 2.22.